The van der Waals surface area contributed by atoms with Crippen molar-refractivity contribution in [1.29, 1.82) is 0 Å². The summed E-state index contributed by atoms with van der Waals surface area (Å²) < 4.78 is 15.3. The van der Waals surface area contributed by atoms with Gasteiger partial charge in [0.1, 0.15) is 11.5 Å². The maximum Gasteiger partial charge on any atom is 0.301 e. The first-order valence-corrected chi connectivity index (χ1v) is 5.90. The summed E-state index contributed by atoms with van der Waals surface area (Å²) in [6, 6.07) is 9.64. The Morgan fingerprint density at radius 2 is 1.71 bits per heavy atom. The molecule has 3 rings (SSSR count). The second-order valence-corrected chi connectivity index (χ2v) is 4.08. The third-order valence-corrected chi connectivity index (χ3v) is 2.84. The van der Waals surface area contributed by atoms with Crippen molar-refractivity contribution in [2.24, 2.45) is 0 Å². The van der Waals surface area contributed by atoms with Crippen LogP contribution in [0.1, 0.15) is 0 Å². The molecular formula is C13H9N3O5. The van der Waals surface area contributed by atoms with Crippen LogP contribution >= 0.6 is 0 Å². The van der Waals surface area contributed by atoms with Crippen LogP contribution in [0.15, 0.2) is 41.0 Å². The molecule has 0 unspecified atom stereocenters. The summed E-state index contributed by atoms with van der Waals surface area (Å²) in [5.74, 6) is 1.55. The SMILES string of the molecule is COc1ccc(Oc2ccc([N+](=O)[O-])c3nonc23)cc1. The van der Waals surface area contributed by atoms with Crippen molar-refractivity contribution in [2.45, 2.75) is 0 Å². The smallest absolute Gasteiger partial charge is 0.301 e. The number of methoxy groups -OCH3 is 1. The molecule has 0 spiro atoms. The molecule has 2 aromatic carbocycles. The van der Waals surface area contributed by atoms with Gasteiger partial charge < -0.3 is 9.47 Å². The van der Waals surface area contributed by atoms with Crippen molar-refractivity contribution in [3.05, 3.63) is 46.5 Å². The van der Waals surface area contributed by atoms with E-state index in [9.17, 15) is 10.1 Å². The quantitative estimate of drug-likeness (QED) is 0.537. The summed E-state index contributed by atoms with van der Waals surface area (Å²) in [6.45, 7) is 0. The summed E-state index contributed by atoms with van der Waals surface area (Å²) in [5, 5.41) is 18.1. The maximum absolute atomic E-state index is 10.9. The third-order valence-electron chi connectivity index (χ3n) is 2.84. The van der Waals surface area contributed by atoms with Crippen molar-refractivity contribution in [1.82, 2.24) is 10.3 Å². The highest BCUT2D eigenvalue weighted by Gasteiger charge is 2.20. The van der Waals surface area contributed by atoms with E-state index in [-0.39, 0.29) is 16.7 Å². The van der Waals surface area contributed by atoms with E-state index < -0.39 is 4.92 Å². The molecule has 1 aromatic heterocycles. The highest BCUT2D eigenvalue weighted by Crippen LogP contribution is 2.33. The first-order chi connectivity index (χ1) is 10.2. The van der Waals surface area contributed by atoms with Crippen molar-refractivity contribution in [3.8, 4) is 17.2 Å². The lowest BCUT2D eigenvalue weighted by molar-refractivity contribution is -0.383. The fourth-order valence-corrected chi connectivity index (χ4v) is 1.83. The normalized spacial score (nSPS) is 10.5. The van der Waals surface area contributed by atoms with Crippen LogP contribution in [0.3, 0.4) is 0 Å². The number of nitro groups is 1. The largest absolute Gasteiger partial charge is 0.497 e. The lowest BCUT2D eigenvalue weighted by Crippen LogP contribution is -1.92. The van der Waals surface area contributed by atoms with E-state index in [2.05, 4.69) is 14.9 Å². The van der Waals surface area contributed by atoms with Gasteiger partial charge in [-0.1, -0.05) is 0 Å². The molecule has 0 N–H and O–H groups in total. The van der Waals surface area contributed by atoms with Crippen molar-refractivity contribution >= 4 is 16.7 Å². The fourth-order valence-electron chi connectivity index (χ4n) is 1.83. The van der Waals surface area contributed by atoms with Crippen LogP contribution in [-0.4, -0.2) is 22.3 Å². The van der Waals surface area contributed by atoms with Crippen LogP contribution in [0.25, 0.3) is 11.0 Å². The lowest BCUT2D eigenvalue weighted by atomic mass is 10.2. The second kappa shape index (κ2) is 5.08. The summed E-state index contributed by atoms with van der Waals surface area (Å²) >= 11 is 0. The van der Waals surface area contributed by atoms with E-state index in [0.29, 0.717) is 17.2 Å². The first-order valence-electron chi connectivity index (χ1n) is 5.90. The predicted octanol–water partition coefficient (Wildman–Crippen LogP) is 2.93. The number of nitro benzene ring substituents is 1. The molecule has 106 valence electrons. The van der Waals surface area contributed by atoms with E-state index in [1.165, 1.54) is 12.1 Å². The second-order valence-electron chi connectivity index (χ2n) is 4.08. The van der Waals surface area contributed by atoms with Gasteiger partial charge in [0.15, 0.2) is 11.3 Å². The number of hydrogen-bond donors (Lipinski definition) is 0. The van der Waals surface area contributed by atoms with Crippen LogP contribution in [0.2, 0.25) is 0 Å². The third kappa shape index (κ3) is 2.34. The zero-order valence-corrected chi connectivity index (χ0v) is 10.8. The molecule has 8 nitrogen and oxygen atoms in total. The van der Waals surface area contributed by atoms with Gasteiger partial charge in [-0.25, -0.2) is 4.63 Å². The monoisotopic (exact) mass is 287 g/mol. The number of rotatable bonds is 4. The summed E-state index contributed by atoms with van der Waals surface area (Å²) in [6.07, 6.45) is 0. The molecule has 0 radical (unpaired) electrons. The number of ether oxygens (including phenoxy) is 2. The molecule has 0 aliphatic carbocycles. The Morgan fingerprint density at radius 3 is 2.38 bits per heavy atom. The van der Waals surface area contributed by atoms with E-state index in [0.717, 1.165) is 0 Å². The zero-order chi connectivity index (χ0) is 14.8. The standard InChI is InChI=1S/C13H9N3O5/c1-19-8-2-4-9(5-3-8)20-11-7-6-10(16(17)18)12-13(11)15-21-14-12/h2-7H,1H3. The van der Waals surface area contributed by atoms with Gasteiger partial charge in [0, 0.05) is 6.07 Å². The molecule has 0 saturated heterocycles. The molecular weight excluding hydrogens is 278 g/mol. The van der Waals surface area contributed by atoms with Crippen molar-refractivity contribution < 1.29 is 19.0 Å². The number of nitrogens with zero attached hydrogens (tertiary/aromatic N) is 3. The molecule has 0 aliphatic rings. The maximum atomic E-state index is 10.9. The number of hydrogen-bond acceptors (Lipinski definition) is 7. The Balaban J connectivity index is 1.99. The molecule has 8 heteroatoms. The molecule has 21 heavy (non-hydrogen) atoms. The van der Waals surface area contributed by atoms with Gasteiger partial charge in [-0.2, -0.15) is 0 Å². The number of benzene rings is 2. The fraction of sp³-hybridized carbons (Fsp3) is 0.0769. The molecule has 3 aromatic rings. The minimum atomic E-state index is -0.552. The van der Waals surface area contributed by atoms with Crippen molar-refractivity contribution in [3.63, 3.8) is 0 Å². The van der Waals surface area contributed by atoms with Crippen LogP contribution in [0.4, 0.5) is 5.69 Å². The Morgan fingerprint density at radius 1 is 1.05 bits per heavy atom. The summed E-state index contributed by atoms with van der Waals surface area (Å²) in [4.78, 5) is 10.3. The topological polar surface area (TPSA) is 101 Å². The Labute approximate surface area is 118 Å². The van der Waals surface area contributed by atoms with Crippen LogP contribution in [0.5, 0.6) is 17.2 Å². The van der Waals surface area contributed by atoms with E-state index >= 15 is 0 Å². The van der Waals surface area contributed by atoms with E-state index in [1.807, 2.05) is 0 Å². The Hall–Kier alpha value is -3.16. The zero-order valence-electron chi connectivity index (χ0n) is 10.8. The van der Waals surface area contributed by atoms with Crippen molar-refractivity contribution in [2.75, 3.05) is 7.11 Å². The molecule has 0 saturated carbocycles. The van der Waals surface area contributed by atoms with Gasteiger partial charge in [0.05, 0.1) is 12.0 Å². The Kier molecular flexibility index (Phi) is 3.11. The molecule has 0 bridgehead atoms. The van der Waals surface area contributed by atoms with Gasteiger partial charge in [-0.3, -0.25) is 10.1 Å². The predicted molar refractivity (Wildman–Crippen MR) is 71.5 cm³/mol. The Bertz CT molecular complexity index is 797. The minimum Gasteiger partial charge on any atom is -0.497 e. The molecule has 0 amide bonds. The number of aromatic nitrogens is 2. The molecule has 0 fully saturated rings. The summed E-state index contributed by atoms with van der Waals surface area (Å²) in [5.41, 5.74) is 0.0550. The van der Waals surface area contributed by atoms with E-state index in [4.69, 9.17) is 9.47 Å². The van der Waals surface area contributed by atoms with E-state index in [1.54, 1.807) is 31.4 Å². The highest BCUT2D eigenvalue weighted by atomic mass is 16.6. The van der Waals surface area contributed by atoms with Gasteiger partial charge in [0.25, 0.3) is 0 Å². The summed E-state index contributed by atoms with van der Waals surface area (Å²) in [7, 11) is 1.57. The van der Waals surface area contributed by atoms with Gasteiger partial charge in [-0.05, 0) is 40.6 Å². The molecule has 1 heterocycles. The van der Waals surface area contributed by atoms with Crippen LogP contribution in [-0.2, 0) is 0 Å². The number of non-ortho nitro benzene ring substituents is 1. The van der Waals surface area contributed by atoms with Crippen LogP contribution < -0.4 is 9.47 Å². The first kappa shape index (κ1) is 12.9. The van der Waals surface area contributed by atoms with Gasteiger partial charge >= 0.3 is 5.69 Å². The minimum absolute atomic E-state index is 0.0472. The van der Waals surface area contributed by atoms with Gasteiger partial charge in [-0.15, -0.1) is 0 Å². The lowest BCUT2D eigenvalue weighted by Gasteiger charge is -2.06. The van der Waals surface area contributed by atoms with Crippen LogP contribution in [0, 0.1) is 10.1 Å². The number of fused-ring (bicyclic) bond motifs is 1. The molecule has 0 aliphatic heterocycles. The van der Waals surface area contributed by atoms with Gasteiger partial charge in [0.2, 0.25) is 5.52 Å². The molecule has 0 atom stereocenters. The highest BCUT2D eigenvalue weighted by molar-refractivity contribution is 5.88. The average Bonchev–Trinajstić information content (AvgIpc) is 2.98. The average molecular weight is 287 g/mol.